The average Bonchev–Trinajstić information content (AvgIpc) is 3.24. The fraction of sp³-hybridized carbons (Fsp3) is 0.417. The first-order chi connectivity index (χ1) is 15.3. The van der Waals surface area contributed by atoms with Crippen molar-refractivity contribution in [1.29, 1.82) is 0 Å². The maximum Gasteiger partial charge on any atom is 0.252 e. The summed E-state index contributed by atoms with van der Waals surface area (Å²) in [6, 6.07) is 13.4. The summed E-state index contributed by atoms with van der Waals surface area (Å²) in [4.78, 5) is 19.4. The van der Waals surface area contributed by atoms with Crippen LogP contribution in [0.25, 0.3) is 0 Å². The maximum atomic E-state index is 12.9. The van der Waals surface area contributed by atoms with Gasteiger partial charge in [-0.3, -0.25) is 4.79 Å². The van der Waals surface area contributed by atoms with Gasteiger partial charge in [-0.25, -0.2) is 8.42 Å². The van der Waals surface area contributed by atoms with Crippen molar-refractivity contribution < 1.29 is 17.9 Å². The molecule has 6 nitrogen and oxygen atoms in total. The van der Waals surface area contributed by atoms with Gasteiger partial charge in [0.05, 0.1) is 31.1 Å². The normalized spacial score (nSPS) is 22.8. The largest absolute Gasteiger partial charge is 0.497 e. The Morgan fingerprint density at radius 1 is 1.09 bits per heavy atom. The number of ether oxygens (including phenoxy) is 1. The Hall–Kier alpha value is -2.32. The summed E-state index contributed by atoms with van der Waals surface area (Å²) in [6.07, 6.45) is 1.83. The molecule has 1 amide bonds. The van der Waals surface area contributed by atoms with Gasteiger partial charge < -0.3 is 9.64 Å². The number of hydrogen-bond acceptors (Lipinski definition) is 5. The second kappa shape index (κ2) is 9.27. The molecule has 2 saturated heterocycles. The van der Waals surface area contributed by atoms with Crippen LogP contribution in [0.1, 0.15) is 30.5 Å². The van der Waals surface area contributed by atoms with Crippen LogP contribution in [0.3, 0.4) is 0 Å². The number of aryl methyl sites for hydroxylation is 2. The number of anilines is 1. The standard InChI is InChI=1S/C24H28N2O4S2/c1-4-17-7-6-8-18(5-2)23(17)26-20-14-32(28,29)15-21(20)31-24(26)25-22(27)13-16-9-11-19(30-3)12-10-16/h6-12,20-21H,4-5,13-15H2,1-3H3/t20-,21+/m1/s1. The number of carbonyl (C=O) groups is 1. The zero-order valence-corrected chi connectivity index (χ0v) is 20.2. The number of fused-ring (bicyclic) bond motifs is 1. The predicted molar refractivity (Wildman–Crippen MR) is 131 cm³/mol. The SMILES string of the molecule is CCc1cccc(CC)c1N1C(=NC(=O)Cc2ccc(OC)cc2)S[C@H]2CS(=O)(=O)C[C@H]21. The minimum atomic E-state index is -3.11. The van der Waals surface area contributed by atoms with E-state index in [4.69, 9.17) is 4.74 Å². The number of para-hydroxylation sites is 1. The Morgan fingerprint density at radius 3 is 2.34 bits per heavy atom. The third-order valence-electron chi connectivity index (χ3n) is 6.01. The highest BCUT2D eigenvalue weighted by Crippen LogP contribution is 2.43. The zero-order valence-electron chi connectivity index (χ0n) is 18.6. The van der Waals surface area contributed by atoms with E-state index in [1.807, 2.05) is 35.2 Å². The lowest BCUT2D eigenvalue weighted by Crippen LogP contribution is -2.39. The lowest BCUT2D eigenvalue weighted by molar-refractivity contribution is -0.117. The molecule has 2 aromatic carbocycles. The third kappa shape index (κ3) is 4.57. The number of thioether (sulfide) groups is 1. The second-order valence-electron chi connectivity index (χ2n) is 8.12. The van der Waals surface area contributed by atoms with Crippen molar-refractivity contribution in [2.75, 3.05) is 23.5 Å². The Bertz CT molecular complexity index is 1120. The van der Waals surface area contributed by atoms with Gasteiger partial charge in [-0.2, -0.15) is 4.99 Å². The third-order valence-corrected chi connectivity index (χ3v) is 9.22. The number of methoxy groups -OCH3 is 1. The summed E-state index contributed by atoms with van der Waals surface area (Å²) in [6.45, 7) is 4.19. The molecule has 0 radical (unpaired) electrons. The molecular formula is C24H28N2O4S2. The lowest BCUT2D eigenvalue weighted by atomic mass is 10.0. The topological polar surface area (TPSA) is 76.0 Å². The van der Waals surface area contributed by atoms with Crippen molar-refractivity contribution in [3.63, 3.8) is 0 Å². The summed E-state index contributed by atoms with van der Waals surface area (Å²) in [7, 11) is -1.50. The minimum absolute atomic E-state index is 0.0948. The molecule has 2 aromatic rings. The highest BCUT2D eigenvalue weighted by Gasteiger charge is 2.50. The summed E-state index contributed by atoms with van der Waals surface area (Å²) in [5, 5.41) is 0.506. The fourth-order valence-corrected chi connectivity index (χ4v) is 8.33. The fourth-order valence-electron chi connectivity index (χ4n) is 4.41. The van der Waals surface area contributed by atoms with E-state index in [0.29, 0.717) is 5.17 Å². The van der Waals surface area contributed by atoms with Crippen LogP contribution >= 0.6 is 11.8 Å². The molecule has 0 aromatic heterocycles. The van der Waals surface area contributed by atoms with Crippen molar-refractivity contribution in [3.8, 4) is 5.75 Å². The first-order valence-electron chi connectivity index (χ1n) is 10.9. The van der Waals surface area contributed by atoms with E-state index in [1.54, 1.807) is 7.11 Å². The van der Waals surface area contributed by atoms with Crippen LogP contribution in [-0.4, -0.2) is 49.4 Å². The molecule has 32 heavy (non-hydrogen) atoms. The molecule has 2 aliphatic rings. The van der Waals surface area contributed by atoms with Crippen LogP contribution in [0, 0.1) is 0 Å². The van der Waals surface area contributed by atoms with Crippen molar-refractivity contribution in [3.05, 3.63) is 59.2 Å². The molecule has 4 rings (SSSR count). The highest BCUT2D eigenvalue weighted by atomic mass is 32.2. The molecule has 2 aliphatic heterocycles. The van der Waals surface area contributed by atoms with Crippen LogP contribution < -0.4 is 9.64 Å². The number of benzene rings is 2. The van der Waals surface area contributed by atoms with Gasteiger partial charge in [-0.15, -0.1) is 0 Å². The van der Waals surface area contributed by atoms with E-state index in [9.17, 15) is 13.2 Å². The molecule has 0 spiro atoms. The molecule has 2 atom stereocenters. The maximum absolute atomic E-state index is 12.9. The Kier molecular flexibility index (Phi) is 6.62. The number of sulfone groups is 1. The van der Waals surface area contributed by atoms with E-state index in [1.165, 1.54) is 11.8 Å². The first-order valence-corrected chi connectivity index (χ1v) is 13.6. The summed E-state index contributed by atoms with van der Waals surface area (Å²) in [5.74, 6) is 0.720. The van der Waals surface area contributed by atoms with Gasteiger partial charge in [-0.1, -0.05) is 55.9 Å². The monoisotopic (exact) mass is 472 g/mol. The number of hydrogen-bond donors (Lipinski definition) is 0. The van der Waals surface area contributed by atoms with Crippen molar-refractivity contribution in [1.82, 2.24) is 0 Å². The number of rotatable bonds is 6. The molecule has 8 heteroatoms. The summed E-state index contributed by atoms with van der Waals surface area (Å²) < 4.78 is 30.0. The second-order valence-corrected chi connectivity index (χ2v) is 11.5. The van der Waals surface area contributed by atoms with Gasteiger partial charge >= 0.3 is 0 Å². The molecule has 0 saturated carbocycles. The van der Waals surface area contributed by atoms with Gasteiger partial charge in [0.2, 0.25) is 0 Å². The molecule has 0 N–H and O–H groups in total. The number of carbonyl (C=O) groups excluding carboxylic acids is 1. The van der Waals surface area contributed by atoms with Crippen molar-refractivity contribution >= 4 is 38.4 Å². The molecule has 170 valence electrons. The van der Waals surface area contributed by atoms with Gasteiger partial charge in [-0.05, 0) is 41.7 Å². The minimum Gasteiger partial charge on any atom is -0.497 e. The van der Waals surface area contributed by atoms with Crippen LogP contribution in [0.5, 0.6) is 5.75 Å². The lowest BCUT2D eigenvalue weighted by Gasteiger charge is -2.29. The van der Waals surface area contributed by atoms with Gasteiger partial charge in [0.25, 0.3) is 5.91 Å². The van der Waals surface area contributed by atoms with E-state index in [2.05, 4.69) is 31.0 Å². The van der Waals surface area contributed by atoms with E-state index >= 15 is 0 Å². The molecule has 2 fully saturated rings. The number of amides is 1. The molecule has 0 bridgehead atoms. The molecule has 0 aliphatic carbocycles. The number of amidine groups is 1. The van der Waals surface area contributed by atoms with Gasteiger partial charge in [0, 0.05) is 10.9 Å². The molecule has 0 unspecified atom stereocenters. The number of nitrogens with zero attached hydrogens (tertiary/aromatic N) is 2. The quantitative estimate of drug-likeness (QED) is 0.639. The average molecular weight is 473 g/mol. The van der Waals surface area contributed by atoms with E-state index in [0.717, 1.165) is 41.0 Å². The highest BCUT2D eigenvalue weighted by molar-refractivity contribution is 8.16. The van der Waals surface area contributed by atoms with Crippen molar-refractivity contribution in [2.45, 2.75) is 44.4 Å². The predicted octanol–water partition coefficient (Wildman–Crippen LogP) is 3.66. The van der Waals surface area contributed by atoms with Crippen LogP contribution in [0.2, 0.25) is 0 Å². The number of aliphatic imine (C=N–C) groups is 1. The van der Waals surface area contributed by atoms with Gasteiger partial charge in [0.15, 0.2) is 15.0 Å². The Morgan fingerprint density at radius 2 is 1.75 bits per heavy atom. The van der Waals surface area contributed by atoms with Crippen molar-refractivity contribution in [2.24, 2.45) is 4.99 Å². The van der Waals surface area contributed by atoms with Crippen LogP contribution in [0.15, 0.2) is 47.5 Å². The molecule has 2 heterocycles. The molecular weight excluding hydrogens is 444 g/mol. The Balaban J connectivity index is 1.70. The zero-order chi connectivity index (χ0) is 22.9. The smallest absolute Gasteiger partial charge is 0.252 e. The van der Waals surface area contributed by atoms with E-state index < -0.39 is 9.84 Å². The Labute approximate surface area is 194 Å². The van der Waals surface area contributed by atoms with Crippen LogP contribution in [-0.2, 0) is 33.9 Å². The van der Waals surface area contributed by atoms with Gasteiger partial charge in [0.1, 0.15) is 5.75 Å². The summed E-state index contributed by atoms with van der Waals surface area (Å²) in [5.41, 5.74) is 4.17. The first kappa shape index (κ1) is 22.9. The van der Waals surface area contributed by atoms with E-state index in [-0.39, 0.29) is 35.1 Å². The van der Waals surface area contributed by atoms with Crippen LogP contribution in [0.4, 0.5) is 5.69 Å². The summed E-state index contributed by atoms with van der Waals surface area (Å²) >= 11 is 1.43.